The maximum Gasteiger partial charge on any atom is 0.488 e. The first kappa shape index (κ1) is 17.3. The van der Waals surface area contributed by atoms with E-state index in [4.69, 9.17) is 0 Å². The Bertz CT molecular complexity index is 1020. The van der Waals surface area contributed by atoms with E-state index in [0.29, 0.717) is 5.46 Å². The van der Waals surface area contributed by atoms with E-state index < -0.39 is 7.12 Å². The molecule has 0 radical (unpaired) electrons. The lowest BCUT2D eigenvalue weighted by molar-refractivity contribution is 0.426. The fraction of sp³-hybridized carbons (Fsp3) is 0.143. The van der Waals surface area contributed by atoms with Gasteiger partial charge in [-0.1, -0.05) is 56.3 Å². The lowest BCUT2D eigenvalue weighted by Crippen LogP contribution is -2.29. The van der Waals surface area contributed by atoms with Crippen LogP contribution in [0.5, 0.6) is 0 Å². The molecule has 0 bridgehead atoms. The van der Waals surface area contributed by atoms with Gasteiger partial charge in [0.05, 0.1) is 11.0 Å². The highest BCUT2D eigenvalue weighted by Crippen LogP contribution is 2.32. The molecule has 0 aliphatic carbocycles. The summed E-state index contributed by atoms with van der Waals surface area (Å²) in [6, 6.07) is 22.1. The molecular formula is C21H22BNO2. The van der Waals surface area contributed by atoms with Crippen molar-refractivity contribution in [2.24, 2.45) is 0 Å². The Hall–Kier alpha value is -2.56. The van der Waals surface area contributed by atoms with Gasteiger partial charge in [-0.2, -0.15) is 0 Å². The zero-order chi connectivity index (χ0) is 18.0. The van der Waals surface area contributed by atoms with Gasteiger partial charge in [-0.05, 0) is 42.2 Å². The maximum atomic E-state index is 9.46. The van der Waals surface area contributed by atoms with Crippen molar-refractivity contribution in [2.75, 3.05) is 0 Å². The molecule has 0 amide bonds. The maximum absolute atomic E-state index is 9.46. The second-order valence-electron chi connectivity index (χ2n) is 5.84. The summed E-state index contributed by atoms with van der Waals surface area (Å²) in [7, 11) is -1.47. The van der Waals surface area contributed by atoms with Crippen molar-refractivity contribution in [3.8, 4) is 5.69 Å². The highest BCUT2D eigenvalue weighted by molar-refractivity contribution is 6.58. The van der Waals surface area contributed by atoms with Gasteiger partial charge in [-0.15, -0.1) is 0 Å². The molecule has 4 rings (SSSR count). The number of rotatable bonds is 2. The number of nitrogens with zero attached hydrogens (tertiary/aromatic N) is 1. The molecule has 1 heterocycles. The Morgan fingerprint density at radius 3 is 2.24 bits per heavy atom. The first-order valence-electron chi connectivity index (χ1n) is 8.61. The number of benzene rings is 3. The van der Waals surface area contributed by atoms with Crippen LogP contribution in [0, 0.1) is 6.92 Å². The van der Waals surface area contributed by atoms with Crippen molar-refractivity contribution in [3.05, 3.63) is 72.3 Å². The predicted molar refractivity (Wildman–Crippen MR) is 107 cm³/mol. The fourth-order valence-electron chi connectivity index (χ4n) is 3.18. The minimum absolute atomic E-state index is 0.487. The largest absolute Gasteiger partial charge is 0.488 e. The number of aromatic nitrogens is 1. The summed E-state index contributed by atoms with van der Waals surface area (Å²) in [6.07, 6.45) is 0. The average molecular weight is 331 g/mol. The Labute approximate surface area is 148 Å². The minimum atomic E-state index is -1.47. The molecule has 3 nitrogen and oxygen atoms in total. The molecule has 2 N–H and O–H groups in total. The molecule has 0 saturated heterocycles. The van der Waals surface area contributed by atoms with Gasteiger partial charge in [0, 0.05) is 16.5 Å². The van der Waals surface area contributed by atoms with Crippen LogP contribution in [0.15, 0.2) is 66.7 Å². The summed E-state index contributed by atoms with van der Waals surface area (Å²) in [4.78, 5) is 0. The van der Waals surface area contributed by atoms with E-state index in [1.165, 1.54) is 16.3 Å². The van der Waals surface area contributed by atoms with Gasteiger partial charge in [0.2, 0.25) is 0 Å². The van der Waals surface area contributed by atoms with E-state index in [1.54, 1.807) is 6.07 Å². The SMILES string of the molecule is CC.Cc1ccc2c3ccccc3n(-c3cccc(B(O)O)c3)c2c1. The zero-order valence-electron chi connectivity index (χ0n) is 14.8. The molecular weight excluding hydrogens is 309 g/mol. The first-order chi connectivity index (χ1) is 12.1. The van der Waals surface area contributed by atoms with Crippen molar-refractivity contribution in [3.63, 3.8) is 0 Å². The number of aryl methyl sites for hydroxylation is 1. The van der Waals surface area contributed by atoms with Crippen molar-refractivity contribution >= 4 is 34.4 Å². The molecule has 0 spiro atoms. The second kappa shape index (κ2) is 7.13. The second-order valence-corrected chi connectivity index (χ2v) is 5.84. The summed E-state index contributed by atoms with van der Waals surface area (Å²) in [5.41, 5.74) is 4.84. The van der Waals surface area contributed by atoms with Crippen molar-refractivity contribution < 1.29 is 10.0 Å². The normalized spacial score (nSPS) is 10.6. The number of fused-ring (bicyclic) bond motifs is 3. The van der Waals surface area contributed by atoms with Crippen LogP contribution in [0.25, 0.3) is 27.5 Å². The molecule has 25 heavy (non-hydrogen) atoms. The molecule has 4 heteroatoms. The highest BCUT2D eigenvalue weighted by Gasteiger charge is 2.15. The van der Waals surface area contributed by atoms with Crippen molar-refractivity contribution in [1.82, 2.24) is 4.57 Å². The Morgan fingerprint density at radius 1 is 0.760 bits per heavy atom. The topological polar surface area (TPSA) is 45.4 Å². The molecule has 0 fully saturated rings. The molecule has 4 aromatic rings. The molecule has 0 unspecified atom stereocenters. The summed E-state index contributed by atoms with van der Waals surface area (Å²) < 4.78 is 2.17. The van der Waals surface area contributed by atoms with Crippen LogP contribution in [0.4, 0.5) is 0 Å². The van der Waals surface area contributed by atoms with Crippen LogP contribution in [0.3, 0.4) is 0 Å². The molecule has 0 aliphatic rings. The van der Waals surface area contributed by atoms with Crippen molar-refractivity contribution in [1.29, 1.82) is 0 Å². The van der Waals surface area contributed by atoms with E-state index in [1.807, 2.05) is 44.2 Å². The molecule has 126 valence electrons. The van der Waals surface area contributed by atoms with Gasteiger partial charge >= 0.3 is 7.12 Å². The first-order valence-corrected chi connectivity index (χ1v) is 8.61. The lowest BCUT2D eigenvalue weighted by atomic mass is 9.80. The average Bonchev–Trinajstić information content (AvgIpc) is 2.97. The third-order valence-corrected chi connectivity index (χ3v) is 4.26. The summed E-state index contributed by atoms with van der Waals surface area (Å²) >= 11 is 0. The zero-order valence-corrected chi connectivity index (χ0v) is 14.8. The van der Waals surface area contributed by atoms with Crippen LogP contribution in [0.2, 0.25) is 0 Å². The van der Waals surface area contributed by atoms with Gasteiger partial charge in [0.15, 0.2) is 0 Å². The third-order valence-electron chi connectivity index (χ3n) is 4.26. The van der Waals surface area contributed by atoms with Gasteiger partial charge in [0.1, 0.15) is 0 Å². The third kappa shape index (κ3) is 3.06. The molecule has 3 aromatic carbocycles. The monoisotopic (exact) mass is 331 g/mol. The molecule has 0 saturated carbocycles. The van der Waals surface area contributed by atoms with Crippen molar-refractivity contribution in [2.45, 2.75) is 20.8 Å². The standard InChI is InChI=1S/C19H16BNO2.C2H6/c1-13-9-10-17-16-7-2-3-8-18(16)21(19(17)11-13)15-6-4-5-14(12-15)20(22)23;1-2/h2-12,22-23H,1H3;1-2H3. The quantitative estimate of drug-likeness (QED) is 0.549. The van der Waals surface area contributed by atoms with E-state index in [0.717, 1.165) is 16.7 Å². The molecule has 0 atom stereocenters. The number of hydrogen-bond donors (Lipinski definition) is 2. The van der Waals surface area contributed by atoms with Gasteiger partial charge in [-0.25, -0.2) is 0 Å². The fourth-order valence-corrected chi connectivity index (χ4v) is 3.18. The van der Waals surface area contributed by atoms with E-state index >= 15 is 0 Å². The van der Waals surface area contributed by atoms with E-state index in [2.05, 4.69) is 41.8 Å². The van der Waals surface area contributed by atoms with Crippen LogP contribution in [-0.4, -0.2) is 21.7 Å². The van der Waals surface area contributed by atoms with Crippen LogP contribution < -0.4 is 5.46 Å². The van der Waals surface area contributed by atoms with E-state index in [-0.39, 0.29) is 0 Å². The summed E-state index contributed by atoms with van der Waals surface area (Å²) in [6.45, 7) is 6.08. The van der Waals surface area contributed by atoms with Crippen LogP contribution >= 0.6 is 0 Å². The predicted octanol–water partition coefficient (Wildman–Crippen LogP) is 3.80. The lowest BCUT2D eigenvalue weighted by Gasteiger charge is -2.10. The van der Waals surface area contributed by atoms with Gasteiger partial charge in [-0.3, -0.25) is 0 Å². The summed E-state index contributed by atoms with van der Waals surface area (Å²) in [5, 5.41) is 21.3. The Morgan fingerprint density at radius 2 is 1.48 bits per heavy atom. The Balaban J connectivity index is 0.000000880. The molecule has 1 aromatic heterocycles. The van der Waals surface area contributed by atoms with Gasteiger partial charge in [0.25, 0.3) is 0 Å². The minimum Gasteiger partial charge on any atom is -0.423 e. The molecule has 0 aliphatic heterocycles. The smallest absolute Gasteiger partial charge is 0.423 e. The van der Waals surface area contributed by atoms with E-state index in [9.17, 15) is 10.0 Å². The van der Waals surface area contributed by atoms with Crippen LogP contribution in [-0.2, 0) is 0 Å². The number of para-hydroxylation sites is 1. The highest BCUT2D eigenvalue weighted by atomic mass is 16.4. The summed E-state index contributed by atoms with van der Waals surface area (Å²) in [5.74, 6) is 0. The van der Waals surface area contributed by atoms with Gasteiger partial charge < -0.3 is 14.6 Å². The number of hydrogen-bond acceptors (Lipinski definition) is 2. The van der Waals surface area contributed by atoms with Crippen LogP contribution in [0.1, 0.15) is 19.4 Å². The Kier molecular flexibility index (Phi) is 4.93.